The molecule has 5 aliphatic carbocycles. The van der Waals surface area contributed by atoms with Crippen molar-refractivity contribution in [3.05, 3.63) is 0 Å². The van der Waals surface area contributed by atoms with E-state index in [9.17, 15) is 14.9 Å². The van der Waals surface area contributed by atoms with Gasteiger partial charge in [0.05, 0.1) is 12.1 Å². The summed E-state index contributed by atoms with van der Waals surface area (Å²) in [6, 6.07) is 0.949. The molecule has 0 aromatic rings. The van der Waals surface area contributed by atoms with Gasteiger partial charge in [-0.1, -0.05) is 13.8 Å². The number of hydrogen-bond acceptors (Lipinski definition) is 6. The summed E-state index contributed by atoms with van der Waals surface area (Å²) >= 11 is 0. The third-order valence-corrected chi connectivity index (χ3v) is 8.83. The summed E-state index contributed by atoms with van der Waals surface area (Å²) in [4.78, 5) is 28.2. The van der Waals surface area contributed by atoms with Crippen LogP contribution in [-0.2, 0) is 14.3 Å². The molecule has 1 amide bonds. The highest BCUT2D eigenvalue weighted by molar-refractivity contribution is 5.84. The first kappa shape index (κ1) is 21.2. The van der Waals surface area contributed by atoms with Gasteiger partial charge in [-0.25, -0.2) is 0 Å². The van der Waals surface area contributed by atoms with Crippen LogP contribution in [0.3, 0.4) is 0 Å². The van der Waals surface area contributed by atoms with Crippen LogP contribution in [0.15, 0.2) is 0 Å². The van der Waals surface area contributed by atoms with Crippen molar-refractivity contribution in [2.75, 3.05) is 0 Å². The maximum absolute atomic E-state index is 13.5. The molecule has 4 N–H and O–H groups in total. The zero-order chi connectivity index (χ0) is 22.1. The maximum Gasteiger partial charge on any atom is 0.323 e. The lowest BCUT2D eigenvalue weighted by Gasteiger charge is -2.62. The van der Waals surface area contributed by atoms with Gasteiger partial charge in [-0.15, -0.1) is 0 Å². The quantitative estimate of drug-likeness (QED) is 0.625. The van der Waals surface area contributed by atoms with Crippen molar-refractivity contribution in [1.29, 1.82) is 5.26 Å². The number of rotatable bonds is 6. The average Bonchev–Trinajstić information content (AvgIpc) is 3.34. The second-order valence-electron chi connectivity index (χ2n) is 11.8. The Morgan fingerprint density at radius 1 is 1.13 bits per heavy atom. The predicted molar refractivity (Wildman–Crippen MR) is 114 cm³/mol. The minimum absolute atomic E-state index is 0.0588. The molecular formula is C24H36N4O3. The molecular weight excluding hydrogens is 392 g/mol. The van der Waals surface area contributed by atoms with Crippen LogP contribution in [0.2, 0.25) is 0 Å². The largest absolute Gasteiger partial charge is 0.458 e. The molecule has 1 heterocycles. The van der Waals surface area contributed by atoms with Gasteiger partial charge in [-0.3, -0.25) is 9.59 Å². The molecule has 4 bridgehead atoms. The van der Waals surface area contributed by atoms with E-state index in [2.05, 4.69) is 19.9 Å². The second kappa shape index (κ2) is 7.18. The third-order valence-electron chi connectivity index (χ3n) is 8.83. The summed E-state index contributed by atoms with van der Waals surface area (Å²) in [7, 11) is 0. The Balaban J connectivity index is 1.35. The van der Waals surface area contributed by atoms with Crippen molar-refractivity contribution in [2.45, 2.75) is 101 Å². The fourth-order valence-electron chi connectivity index (χ4n) is 7.94. The molecule has 7 heteroatoms. The summed E-state index contributed by atoms with van der Waals surface area (Å²) in [5, 5.41) is 9.54. The first-order chi connectivity index (χ1) is 14.7. The molecule has 0 aromatic heterocycles. The predicted octanol–water partition coefficient (Wildman–Crippen LogP) is 2.08. The number of fused-ring (bicyclic) bond motifs is 1. The second-order valence-corrected chi connectivity index (χ2v) is 11.8. The summed E-state index contributed by atoms with van der Waals surface area (Å²) < 4.78 is 6.17. The number of hydrogen-bond donors (Lipinski definition) is 2. The number of nitriles is 1. The van der Waals surface area contributed by atoms with Gasteiger partial charge in [0.2, 0.25) is 5.91 Å². The molecule has 0 spiro atoms. The van der Waals surface area contributed by atoms with Crippen molar-refractivity contribution < 1.29 is 14.3 Å². The molecule has 6 unspecified atom stereocenters. The van der Waals surface area contributed by atoms with E-state index in [4.69, 9.17) is 16.2 Å². The van der Waals surface area contributed by atoms with Crippen LogP contribution in [-0.4, -0.2) is 46.5 Å². The van der Waals surface area contributed by atoms with E-state index in [0.717, 1.165) is 44.9 Å². The number of nitrogens with two attached hydrogens (primary N) is 2. The van der Waals surface area contributed by atoms with Crippen molar-refractivity contribution in [2.24, 2.45) is 40.6 Å². The van der Waals surface area contributed by atoms with Gasteiger partial charge in [0.15, 0.2) is 0 Å². The number of likely N-dealkylation sites (tertiary alicyclic amines) is 1. The average molecular weight is 429 g/mol. The Morgan fingerprint density at radius 3 is 2.42 bits per heavy atom. The molecule has 6 fully saturated rings. The van der Waals surface area contributed by atoms with Gasteiger partial charge in [-0.05, 0) is 86.9 Å². The van der Waals surface area contributed by atoms with Gasteiger partial charge < -0.3 is 21.1 Å². The topological polar surface area (TPSA) is 122 Å². The summed E-state index contributed by atoms with van der Waals surface area (Å²) in [5.41, 5.74) is 12.0. The van der Waals surface area contributed by atoms with Gasteiger partial charge >= 0.3 is 5.97 Å². The van der Waals surface area contributed by atoms with Gasteiger partial charge in [-0.2, -0.15) is 5.26 Å². The molecule has 6 aliphatic rings. The minimum atomic E-state index is -0.629. The van der Waals surface area contributed by atoms with Crippen molar-refractivity contribution in [3.63, 3.8) is 0 Å². The Hall–Kier alpha value is -1.65. The third kappa shape index (κ3) is 3.47. The zero-order valence-electron chi connectivity index (χ0n) is 18.8. The molecule has 0 aromatic carbocycles. The lowest BCUT2D eigenvalue weighted by molar-refractivity contribution is -0.207. The number of amides is 1. The summed E-state index contributed by atoms with van der Waals surface area (Å²) in [5.74, 6) is 1.32. The molecule has 7 nitrogen and oxygen atoms in total. The number of carbonyl (C=O) groups excluding carboxylic acids is 2. The van der Waals surface area contributed by atoms with Gasteiger partial charge in [0.25, 0.3) is 0 Å². The maximum atomic E-state index is 13.5. The molecule has 5 saturated carbocycles. The van der Waals surface area contributed by atoms with Crippen LogP contribution in [0.5, 0.6) is 0 Å². The van der Waals surface area contributed by atoms with Gasteiger partial charge in [0, 0.05) is 6.04 Å². The number of piperidine rings is 1. The number of esters is 1. The standard InChI is InChI=1S/C24H36N4O3/c1-13(2)3-18(26)22(30)31-24-9-14-4-15(10-24)8-23(7-14,12-24)20(27)21(29)28-17(11-25)5-16-6-19(16)28/h13-20H,3-10,12,26-27H2,1-2H3/t14-,15?,16?,17-,18?,19?,20+,23?,24?/m0/s1. The minimum Gasteiger partial charge on any atom is -0.458 e. The first-order valence-electron chi connectivity index (χ1n) is 12.1. The van der Waals surface area contributed by atoms with E-state index < -0.39 is 17.7 Å². The molecule has 170 valence electrons. The molecule has 6 rings (SSSR count). The van der Waals surface area contributed by atoms with Crippen LogP contribution in [0.25, 0.3) is 0 Å². The fourth-order valence-corrected chi connectivity index (χ4v) is 7.94. The number of ether oxygens (including phenoxy) is 1. The van der Waals surface area contributed by atoms with Crippen LogP contribution in [0.4, 0.5) is 0 Å². The fraction of sp³-hybridized carbons (Fsp3) is 0.875. The highest BCUT2D eigenvalue weighted by Crippen LogP contribution is 2.64. The first-order valence-corrected chi connectivity index (χ1v) is 12.1. The molecule has 9 atom stereocenters. The zero-order valence-corrected chi connectivity index (χ0v) is 18.8. The lowest BCUT2D eigenvalue weighted by Crippen LogP contribution is -2.66. The number of nitrogens with zero attached hydrogens (tertiary/aromatic N) is 2. The molecule has 1 saturated heterocycles. The highest BCUT2D eigenvalue weighted by Gasteiger charge is 2.64. The summed E-state index contributed by atoms with van der Waals surface area (Å²) in [6.07, 6.45) is 7.76. The van der Waals surface area contributed by atoms with Gasteiger partial charge in [0.1, 0.15) is 17.7 Å². The number of carbonyl (C=O) groups is 2. The molecule has 31 heavy (non-hydrogen) atoms. The van der Waals surface area contributed by atoms with Crippen molar-refractivity contribution >= 4 is 11.9 Å². The van der Waals surface area contributed by atoms with E-state index in [0.29, 0.717) is 36.5 Å². The highest BCUT2D eigenvalue weighted by atomic mass is 16.6. The van der Waals surface area contributed by atoms with E-state index in [-0.39, 0.29) is 29.4 Å². The summed E-state index contributed by atoms with van der Waals surface area (Å²) in [6.45, 7) is 4.10. The van der Waals surface area contributed by atoms with Crippen LogP contribution in [0.1, 0.15) is 71.6 Å². The molecule has 0 radical (unpaired) electrons. The SMILES string of the molecule is CC(C)CC(N)C(=O)OC12CC3C[C@H](C1)CC([C@H](N)C(=O)N1C4CC4C[C@H]1C#N)(C3)C2. The van der Waals surface area contributed by atoms with Crippen molar-refractivity contribution in [1.82, 2.24) is 4.90 Å². The van der Waals surface area contributed by atoms with Crippen LogP contribution >= 0.6 is 0 Å². The smallest absolute Gasteiger partial charge is 0.323 e. The Morgan fingerprint density at radius 2 is 1.81 bits per heavy atom. The lowest BCUT2D eigenvalue weighted by atomic mass is 9.46. The Bertz CT molecular complexity index is 806. The van der Waals surface area contributed by atoms with E-state index in [1.165, 1.54) is 0 Å². The monoisotopic (exact) mass is 428 g/mol. The van der Waals surface area contributed by atoms with Crippen LogP contribution in [0, 0.1) is 40.4 Å². The van der Waals surface area contributed by atoms with E-state index >= 15 is 0 Å². The molecule has 1 aliphatic heterocycles. The van der Waals surface area contributed by atoms with E-state index in [1.807, 2.05) is 0 Å². The van der Waals surface area contributed by atoms with Crippen LogP contribution < -0.4 is 11.5 Å². The van der Waals surface area contributed by atoms with E-state index in [1.54, 1.807) is 4.90 Å². The normalized spacial score (nSPS) is 44.0. The Labute approximate surface area is 184 Å². The Kier molecular flexibility index (Phi) is 4.91. The van der Waals surface area contributed by atoms with Crippen molar-refractivity contribution in [3.8, 4) is 6.07 Å².